The largest absolute Gasteiger partial charge is 0.468 e. The molecule has 0 aliphatic carbocycles. The molecule has 0 N–H and O–H groups in total. The monoisotopic (exact) mass is 261 g/mol. The maximum absolute atomic E-state index is 11.5. The normalized spacial score (nSPS) is 12.2. The average molecular weight is 261 g/mol. The molecule has 0 amide bonds. The third-order valence-electron chi connectivity index (χ3n) is 3.24. The van der Waals surface area contributed by atoms with Crippen LogP contribution in [0.25, 0.3) is 0 Å². The molecule has 0 saturated carbocycles. The van der Waals surface area contributed by atoms with E-state index in [-0.39, 0.29) is 12.0 Å². The zero-order chi connectivity index (χ0) is 14.1. The Bertz CT molecular complexity index is 389. The second kappa shape index (κ2) is 8.48. The van der Waals surface area contributed by atoms with Crippen LogP contribution in [-0.4, -0.2) is 31.1 Å². The number of hydrogen-bond acceptors (Lipinski definition) is 3. The first-order chi connectivity index (χ1) is 9.19. The molecule has 1 rings (SSSR count). The lowest BCUT2D eigenvalue weighted by atomic mass is 10.1. The van der Waals surface area contributed by atoms with E-state index in [2.05, 4.69) is 30.5 Å². The van der Waals surface area contributed by atoms with Crippen LogP contribution in [0.1, 0.15) is 31.4 Å². The maximum Gasteiger partial charge on any atom is 0.319 e. The summed E-state index contributed by atoms with van der Waals surface area (Å²) in [4.78, 5) is 13.7. The van der Waals surface area contributed by atoms with Gasteiger partial charge in [0.1, 0.15) is 0 Å². The molecule has 19 heavy (non-hydrogen) atoms. The molecule has 0 saturated heterocycles. The summed E-state index contributed by atoms with van der Waals surface area (Å²) in [6, 6.07) is 10.4. The van der Waals surface area contributed by atoms with Crippen molar-refractivity contribution in [2.75, 3.05) is 20.2 Å². The zero-order valence-corrected chi connectivity index (χ0v) is 11.8. The van der Waals surface area contributed by atoms with Crippen molar-refractivity contribution in [1.29, 1.82) is 0 Å². The minimum absolute atomic E-state index is 0.193. The van der Waals surface area contributed by atoms with E-state index in [1.807, 2.05) is 24.3 Å². The van der Waals surface area contributed by atoms with Crippen LogP contribution >= 0.6 is 0 Å². The molecule has 0 aliphatic heterocycles. The highest BCUT2D eigenvalue weighted by molar-refractivity contribution is 5.71. The highest BCUT2D eigenvalue weighted by Crippen LogP contribution is 2.20. The van der Waals surface area contributed by atoms with Crippen molar-refractivity contribution < 1.29 is 9.53 Å². The van der Waals surface area contributed by atoms with Gasteiger partial charge in [0.2, 0.25) is 0 Å². The molecule has 1 aromatic rings. The van der Waals surface area contributed by atoms with Gasteiger partial charge in [-0.15, -0.1) is 6.58 Å². The minimum Gasteiger partial charge on any atom is -0.468 e. The van der Waals surface area contributed by atoms with Crippen LogP contribution in [0.5, 0.6) is 0 Å². The van der Waals surface area contributed by atoms with Gasteiger partial charge in [0.05, 0.1) is 13.7 Å². The highest BCUT2D eigenvalue weighted by Gasteiger charge is 2.18. The smallest absolute Gasteiger partial charge is 0.319 e. The number of ether oxygens (including phenoxy) is 1. The van der Waals surface area contributed by atoms with Crippen LogP contribution in [0.4, 0.5) is 0 Å². The van der Waals surface area contributed by atoms with E-state index in [0.29, 0.717) is 6.54 Å². The lowest BCUT2D eigenvalue weighted by molar-refractivity contribution is -0.142. The minimum atomic E-state index is -0.193. The van der Waals surface area contributed by atoms with Crippen molar-refractivity contribution in [3.8, 4) is 0 Å². The van der Waals surface area contributed by atoms with Crippen LogP contribution in [0.3, 0.4) is 0 Å². The van der Waals surface area contributed by atoms with Gasteiger partial charge in [-0.1, -0.05) is 36.4 Å². The maximum atomic E-state index is 11.5. The molecule has 0 bridgehead atoms. The Morgan fingerprint density at radius 3 is 2.68 bits per heavy atom. The van der Waals surface area contributed by atoms with Crippen molar-refractivity contribution in [2.45, 2.75) is 25.8 Å². The molecule has 0 aliphatic rings. The van der Waals surface area contributed by atoms with Crippen LogP contribution in [-0.2, 0) is 9.53 Å². The molecule has 1 aromatic carbocycles. The van der Waals surface area contributed by atoms with Gasteiger partial charge in [0.15, 0.2) is 0 Å². The molecule has 0 unspecified atom stereocenters. The summed E-state index contributed by atoms with van der Waals surface area (Å²) in [7, 11) is 1.43. The molecule has 0 spiro atoms. The molecule has 0 fully saturated rings. The molecule has 1 atom stereocenters. The van der Waals surface area contributed by atoms with Gasteiger partial charge in [0.25, 0.3) is 0 Å². The summed E-state index contributed by atoms with van der Waals surface area (Å²) in [5.74, 6) is -0.193. The molecule has 0 heterocycles. The first-order valence-electron chi connectivity index (χ1n) is 6.65. The first kappa shape index (κ1) is 15.4. The van der Waals surface area contributed by atoms with Crippen molar-refractivity contribution >= 4 is 5.97 Å². The van der Waals surface area contributed by atoms with E-state index in [9.17, 15) is 4.79 Å². The standard InChI is InChI=1S/C16H23NO2/c1-4-5-9-12-17(13-16(18)19-3)14(2)15-10-7-6-8-11-15/h4,6-8,10-11,14H,1,5,9,12-13H2,2-3H3/t14-/m0/s1. The van der Waals surface area contributed by atoms with Crippen molar-refractivity contribution in [2.24, 2.45) is 0 Å². The number of benzene rings is 1. The van der Waals surface area contributed by atoms with E-state index >= 15 is 0 Å². The Hall–Kier alpha value is -1.61. The summed E-state index contributed by atoms with van der Waals surface area (Å²) >= 11 is 0. The Labute approximate surface area is 115 Å². The quantitative estimate of drug-likeness (QED) is 0.409. The predicted molar refractivity (Wildman–Crippen MR) is 77.9 cm³/mol. The number of methoxy groups -OCH3 is 1. The predicted octanol–water partition coefficient (Wildman–Crippen LogP) is 3.19. The van der Waals surface area contributed by atoms with E-state index in [0.717, 1.165) is 19.4 Å². The Morgan fingerprint density at radius 1 is 1.42 bits per heavy atom. The second-order valence-corrected chi connectivity index (χ2v) is 4.56. The van der Waals surface area contributed by atoms with Crippen molar-refractivity contribution in [1.82, 2.24) is 4.90 Å². The SMILES string of the molecule is C=CCCCN(CC(=O)OC)[C@@H](C)c1ccccc1. The van der Waals surface area contributed by atoms with Gasteiger partial charge in [-0.2, -0.15) is 0 Å². The summed E-state index contributed by atoms with van der Waals surface area (Å²) in [6.45, 7) is 7.03. The van der Waals surface area contributed by atoms with Crippen LogP contribution < -0.4 is 0 Å². The number of unbranched alkanes of at least 4 members (excludes halogenated alkanes) is 1. The molecular formula is C16H23NO2. The third-order valence-corrected chi connectivity index (χ3v) is 3.24. The Balaban J connectivity index is 2.70. The molecule has 0 aromatic heterocycles. The number of hydrogen-bond donors (Lipinski definition) is 0. The average Bonchev–Trinajstić information content (AvgIpc) is 2.46. The summed E-state index contributed by atoms with van der Waals surface area (Å²) in [6.07, 6.45) is 3.86. The van der Waals surface area contributed by atoms with Crippen LogP contribution in [0.2, 0.25) is 0 Å². The fourth-order valence-corrected chi connectivity index (χ4v) is 2.02. The fourth-order valence-electron chi connectivity index (χ4n) is 2.02. The first-order valence-corrected chi connectivity index (χ1v) is 6.65. The van der Waals surface area contributed by atoms with Crippen molar-refractivity contribution in [3.05, 3.63) is 48.6 Å². The zero-order valence-electron chi connectivity index (χ0n) is 11.8. The van der Waals surface area contributed by atoms with Gasteiger partial charge in [0, 0.05) is 6.04 Å². The molecule has 3 nitrogen and oxygen atoms in total. The fraction of sp³-hybridized carbons (Fsp3) is 0.438. The number of rotatable bonds is 8. The molecular weight excluding hydrogens is 238 g/mol. The topological polar surface area (TPSA) is 29.5 Å². The number of esters is 1. The molecule has 104 valence electrons. The Kier molecular flexibility index (Phi) is 6.90. The number of carbonyl (C=O) groups is 1. The molecule has 3 heteroatoms. The highest BCUT2D eigenvalue weighted by atomic mass is 16.5. The summed E-state index contributed by atoms with van der Waals surface area (Å²) in [5.41, 5.74) is 1.21. The van der Waals surface area contributed by atoms with Crippen LogP contribution in [0, 0.1) is 0 Å². The van der Waals surface area contributed by atoms with Gasteiger partial charge >= 0.3 is 5.97 Å². The van der Waals surface area contributed by atoms with E-state index in [1.165, 1.54) is 12.7 Å². The second-order valence-electron chi connectivity index (χ2n) is 4.56. The number of carbonyl (C=O) groups excluding carboxylic acids is 1. The van der Waals surface area contributed by atoms with Crippen molar-refractivity contribution in [3.63, 3.8) is 0 Å². The number of nitrogens with zero attached hydrogens (tertiary/aromatic N) is 1. The van der Waals surface area contributed by atoms with Gasteiger partial charge in [-0.05, 0) is 31.9 Å². The van der Waals surface area contributed by atoms with Gasteiger partial charge in [-0.3, -0.25) is 9.69 Å². The van der Waals surface area contributed by atoms with E-state index in [1.54, 1.807) is 0 Å². The summed E-state index contributed by atoms with van der Waals surface area (Å²) < 4.78 is 4.77. The molecule has 0 radical (unpaired) electrons. The van der Waals surface area contributed by atoms with Gasteiger partial charge in [-0.25, -0.2) is 0 Å². The lowest BCUT2D eigenvalue weighted by Gasteiger charge is -2.28. The van der Waals surface area contributed by atoms with E-state index in [4.69, 9.17) is 4.74 Å². The van der Waals surface area contributed by atoms with E-state index < -0.39 is 0 Å². The number of allylic oxidation sites excluding steroid dienone is 1. The Morgan fingerprint density at radius 2 is 2.11 bits per heavy atom. The van der Waals surface area contributed by atoms with Gasteiger partial charge < -0.3 is 4.74 Å². The van der Waals surface area contributed by atoms with Crippen LogP contribution in [0.15, 0.2) is 43.0 Å². The third kappa shape index (κ3) is 5.26. The summed E-state index contributed by atoms with van der Waals surface area (Å²) in [5, 5.41) is 0. The lowest BCUT2D eigenvalue weighted by Crippen LogP contribution is -2.33.